The zero-order valence-corrected chi connectivity index (χ0v) is 15.4. The molecule has 1 saturated heterocycles. The topological polar surface area (TPSA) is 54.9 Å². The molecule has 1 amide bonds. The van der Waals surface area contributed by atoms with E-state index in [-0.39, 0.29) is 12.0 Å². The number of likely N-dealkylation sites (tertiary alicyclic amines) is 1. The molecule has 27 heavy (non-hydrogen) atoms. The number of piperidine rings is 1. The number of carbonyl (C=O) groups is 1. The Morgan fingerprint density at radius 3 is 2.81 bits per heavy atom. The van der Waals surface area contributed by atoms with Crippen molar-refractivity contribution >= 4 is 5.91 Å². The van der Waals surface area contributed by atoms with Crippen LogP contribution >= 0.6 is 0 Å². The van der Waals surface area contributed by atoms with Crippen LogP contribution in [0.3, 0.4) is 0 Å². The zero-order valence-electron chi connectivity index (χ0n) is 15.4. The monoisotopic (exact) mass is 367 g/mol. The Bertz CT molecular complexity index is 760. The van der Waals surface area contributed by atoms with Crippen LogP contribution in [0.25, 0.3) is 0 Å². The minimum Gasteiger partial charge on any atom is -0.492 e. The van der Waals surface area contributed by atoms with Crippen molar-refractivity contribution in [1.82, 2.24) is 14.8 Å². The van der Waals surface area contributed by atoms with Crippen LogP contribution in [0.2, 0.25) is 0 Å². The molecule has 6 heteroatoms. The number of benzene rings is 1. The fourth-order valence-corrected chi connectivity index (χ4v) is 3.64. The standard InChI is InChI=1S/C21H25N3O3/c25-21(16-23-12-13-26-20-6-2-1-4-17(20)15-23)24-10-7-18(8-11-24)27-19-5-3-9-22-14-19/h1-6,9,14,18H,7-8,10-13,15-16H2. The van der Waals surface area contributed by atoms with Gasteiger partial charge in [0.1, 0.15) is 24.2 Å². The average Bonchev–Trinajstić information content (AvgIpc) is 2.91. The summed E-state index contributed by atoms with van der Waals surface area (Å²) in [6, 6.07) is 11.9. The highest BCUT2D eigenvalue weighted by atomic mass is 16.5. The molecule has 4 rings (SSSR count). The van der Waals surface area contributed by atoms with Gasteiger partial charge in [0, 0.05) is 50.8 Å². The maximum atomic E-state index is 12.7. The van der Waals surface area contributed by atoms with Crippen molar-refractivity contribution in [1.29, 1.82) is 0 Å². The third kappa shape index (κ3) is 4.57. The number of pyridine rings is 1. The summed E-state index contributed by atoms with van der Waals surface area (Å²) in [5.74, 6) is 1.92. The molecular formula is C21H25N3O3. The van der Waals surface area contributed by atoms with E-state index >= 15 is 0 Å². The quantitative estimate of drug-likeness (QED) is 0.830. The summed E-state index contributed by atoms with van der Waals surface area (Å²) in [6.07, 6.45) is 5.33. The number of hydrogen-bond donors (Lipinski definition) is 0. The predicted octanol–water partition coefficient (Wildman–Crippen LogP) is 2.35. The number of ether oxygens (including phenoxy) is 2. The van der Waals surface area contributed by atoms with Gasteiger partial charge in [-0.2, -0.15) is 0 Å². The van der Waals surface area contributed by atoms with Crippen molar-refractivity contribution in [2.24, 2.45) is 0 Å². The molecule has 0 spiro atoms. The number of carbonyl (C=O) groups excluding carboxylic acids is 1. The molecule has 0 unspecified atom stereocenters. The summed E-state index contributed by atoms with van der Waals surface area (Å²) in [6.45, 7) is 4.05. The molecule has 1 aromatic heterocycles. The van der Waals surface area contributed by atoms with Crippen molar-refractivity contribution < 1.29 is 14.3 Å². The number of rotatable bonds is 4. The van der Waals surface area contributed by atoms with E-state index in [0.29, 0.717) is 13.2 Å². The van der Waals surface area contributed by atoms with Crippen molar-refractivity contribution in [2.45, 2.75) is 25.5 Å². The number of hydrogen-bond acceptors (Lipinski definition) is 5. The first kappa shape index (κ1) is 17.8. The van der Waals surface area contributed by atoms with Gasteiger partial charge in [-0.15, -0.1) is 0 Å². The number of aromatic nitrogens is 1. The van der Waals surface area contributed by atoms with Crippen molar-refractivity contribution in [3.05, 3.63) is 54.4 Å². The molecule has 0 N–H and O–H groups in total. The highest BCUT2D eigenvalue weighted by Gasteiger charge is 2.26. The SMILES string of the molecule is O=C(CN1CCOc2ccccc2C1)N1CCC(Oc2cccnc2)CC1. The molecule has 2 aliphatic heterocycles. The van der Waals surface area contributed by atoms with Crippen LogP contribution < -0.4 is 9.47 Å². The first-order valence-electron chi connectivity index (χ1n) is 9.55. The Morgan fingerprint density at radius 2 is 2.00 bits per heavy atom. The molecule has 6 nitrogen and oxygen atoms in total. The minimum absolute atomic E-state index is 0.150. The summed E-state index contributed by atoms with van der Waals surface area (Å²) in [7, 11) is 0. The number of para-hydroxylation sites is 1. The Balaban J connectivity index is 1.27. The van der Waals surface area contributed by atoms with Gasteiger partial charge in [0.2, 0.25) is 5.91 Å². The van der Waals surface area contributed by atoms with E-state index in [4.69, 9.17) is 9.47 Å². The van der Waals surface area contributed by atoms with E-state index in [0.717, 1.165) is 56.1 Å². The van der Waals surface area contributed by atoms with Crippen LogP contribution in [0, 0.1) is 0 Å². The highest BCUT2D eigenvalue weighted by Crippen LogP contribution is 2.23. The van der Waals surface area contributed by atoms with Crippen molar-refractivity contribution in [3.63, 3.8) is 0 Å². The maximum absolute atomic E-state index is 12.7. The molecule has 0 atom stereocenters. The lowest BCUT2D eigenvalue weighted by atomic mass is 10.1. The van der Waals surface area contributed by atoms with Crippen molar-refractivity contribution in [3.8, 4) is 11.5 Å². The van der Waals surface area contributed by atoms with Gasteiger partial charge in [-0.1, -0.05) is 18.2 Å². The second-order valence-electron chi connectivity index (χ2n) is 7.05. The lowest BCUT2D eigenvalue weighted by molar-refractivity contribution is -0.134. The van der Waals surface area contributed by atoms with Gasteiger partial charge in [0.15, 0.2) is 0 Å². The van der Waals surface area contributed by atoms with E-state index in [1.165, 1.54) is 0 Å². The van der Waals surface area contributed by atoms with Crippen LogP contribution in [0.15, 0.2) is 48.8 Å². The molecule has 0 radical (unpaired) electrons. The molecule has 142 valence electrons. The zero-order chi connectivity index (χ0) is 18.5. The van der Waals surface area contributed by atoms with Gasteiger partial charge in [-0.25, -0.2) is 0 Å². The van der Waals surface area contributed by atoms with E-state index in [1.54, 1.807) is 12.4 Å². The highest BCUT2D eigenvalue weighted by molar-refractivity contribution is 5.78. The largest absolute Gasteiger partial charge is 0.492 e. The molecule has 1 fully saturated rings. The minimum atomic E-state index is 0.150. The Kier molecular flexibility index (Phi) is 5.53. The summed E-state index contributed by atoms with van der Waals surface area (Å²) in [5, 5.41) is 0. The predicted molar refractivity (Wildman–Crippen MR) is 102 cm³/mol. The number of amides is 1. The Morgan fingerprint density at radius 1 is 1.15 bits per heavy atom. The van der Waals surface area contributed by atoms with E-state index in [9.17, 15) is 4.79 Å². The van der Waals surface area contributed by atoms with Gasteiger partial charge < -0.3 is 14.4 Å². The van der Waals surface area contributed by atoms with Gasteiger partial charge >= 0.3 is 0 Å². The molecule has 2 aromatic rings. The van der Waals surface area contributed by atoms with Crippen LogP contribution in [-0.4, -0.2) is 59.6 Å². The first-order chi connectivity index (χ1) is 13.3. The molecule has 1 aromatic carbocycles. The molecule has 3 heterocycles. The van der Waals surface area contributed by atoms with Crippen LogP contribution in [0.4, 0.5) is 0 Å². The third-order valence-electron chi connectivity index (χ3n) is 5.12. The number of fused-ring (bicyclic) bond motifs is 1. The maximum Gasteiger partial charge on any atom is 0.236 e. The second kappa shape index (κ2) is 8.39. The normalized spacial score (nSPS) is 18.3. The third-order valence-corrected chi connectivity index (χ3v) is 5.12. The Labute approximate surface area is 159 Å². The molecular weight excluding hydrogens is 342 g/mol. The van der Waals surface area contributed by atoms with Gasteiger partial charge in [-0.05, 0) is 18.2 Å². The van der Waals surface area contributed by atoms with E-state index in [2.05, 4.69) is 16.0 Å². The van der Waals surface area contributed by atoms with Crippen LogP contribution in [0.5, 0.6) is 11.5 Å². The second-order valence-corrected chi connectivity index (χ2v) is 7.05. The summed E-state index contributed by atoms with van der Waals surface area (Å²) in [5.41, 5.74) is 1.14. The Hall–Kier alpha value is -2.60. The van der Waals surface area contributed by atoms with Crippen LogP contribution in [-0.2, 0) is 11.3 Å². The summed E-state index contributed by atoms with van der Waals surface area (Å²) >= 11 is 0. The smallest absolute Gasteiger partial charge is 0.236 e. The lowest BCUT2D eigenvalue weighted by Gasteiger charge is -2.33. The molecule has 0 saturated carbocycles. The van der Waals surface area contributed by atoms with Gasteiger partial charge in [0.25, 0.3) is 0 Å². The van der Waals surface area contributed by atoms with Gasteiger partial charge in [0.05, 0.1) is 12.7 Å². The molecule has 2 aliphatic rings. The van der Waals surface area contributed by atoms with Crippen molar-refractivity contribution in [2.75, 3.05) is 32.8 Å². The fourth-order valence-electron chi connectivity index (χ4n) is 3.64. The first-order valence-corrected chi connectivity index (χ1v) is 9.55. The van der Waals surface area contributed by atoms with Gasteiger partial charge in [-0.3, -0.25) is 14.7 Å². The van der Waals surface area contributed by atoms with E-state index in [1.807, 2.05) is 35.2 Å². The average molecular weight is 367 g/mol. The number of nitrogens with zero attached hydrogens (tertiary/aromatic N) is 3. The van der Waals surface area contributed by atoms with Crippen LogP contribution in [0.1, 0.15) is 18.4 Å². The summed E-state index contributed by atoms with van der Waals surface area (Å²) < 4.78 is 11.7. The summed E-state index contributed by atoms with van der Waals surface area (Å²) in [4.78, 5) is 21.0. The van der Waals surface area contributed by atoms with E-state index < -0.39 is 0 Å². The molecule has 0 bridgehead atoms. The lowest BCUT2D eigenvalue weighted by Crippen LogP contribution is -2.46. The molecule has 0 aliphatic carbocycles. The fraction of sp³-hybridized carbons (Fsp3) is 0.429.